The molecule has 26 heavy (non-hydrogen) atoms. The third kappa shape index (κ3) is 4.76. The first kappa shape index (κ1) is 19.8. The number of rotatable bonds is 7. The summed E-state index contributed by atoms with van der Waals surface area (Å²) in [5, 5.41) is 29.8. The van der Waals surface area contributed by atoms with Gasteiger partial charge >= 0.3 is 5.97 Å². The number of aromatic hydroxyl groups is 2. The van der Waals surface area contributed by atoms with Crippen LogP contribution in [-0.2, 0) is 9.53 Å². The number of esters is 1. The number of aliphatic hydroxyl groups is 1. The first-order valence-corrected chi connectivity index (χ1v) is 8.76. The van der Waals surface area contributed by atoms with Gasteiger partial charge in [0.05, 0.1) is 0 Å². The molecule has 0 aliphatic heterocycles. The molecule has 5 heteroatoms. The van der Waals surface area contributed by atoms with E-state index < -0.39 is 17.7 Å². The van der Waals surface area contributed by atoms with E-state index in [0.29, 0.717) is 17.5 Å². The normalized spacial score (nSPS) is 13.6. The Morgan fingerprint density at radius 1 is 0.962 bits per heavy atom. The second-order valence-electron chi connectivity index (χ2n) is 6.95. The van der Waals surface area contributed by atoms with E-state index in [1.165, 1.54) is 24.3 Å². The Hall–Kier alpha value is -2.53. The summed E-state index contributed by atoms with van der Waals surface area (Å²) >= 11 is 0. The topological polar surface area (TPSA) is 87.0 Å². The molecular formula is C21H26O5. The summed E-state index contributed by atoms with van der Waals surface area (Å²) in [5.74, 6) is -0.336. The van der Waals surface area contributed by atoms with Gasteiger partial charge in [-0.15, -0.1) is 0 Å². The van der Waals surface area contributed by atoms with Gasteiger partial charge in [0, 0.05) is 0 Å². The Morgan fingerprint density at radius 3 is 1.73 bits per heavy atom. The third-order valence-corrected chi connectivity index (χ3v) is 4.33. The molecule has 140 valence electrons. The Labute approximate surface area is 153 Å². The number of benzene rings is 2. The smallest absolute Gasteiger partial charge is 0.339 e. The van der Waals surface area contributed by atoms with Crippen molar-refractivity contribution in [1.82, 2.24) is 0 Å². The van der Waals surface area contributed by atoms with Crippen molar-refractivity contribution in [3.63, 3.8) is 0 Å². The zero-order chi connectivity index (χ0) is 19.3. The maximum Gasteiger partial charge on any atom is 0.339 e. The lowest BCUT2D eigenvalue weighted by Crippen LogP contribution is -2.41. The molecule has 0 heterocycles. The van der Waals surface area contributed by atoms with Crippen LogP contribution in [0.1, 0.15) is 50.8 Å². The average molecular weight is 358 g/mol. The molecule has 5 nitrogen and oxygen atoms in total. The van der Waals surface area contributed by atoms with Gasteiger partial charge < -0.3 is 20.1 Å². The number of ether oxygens (including phenoxy) is 1. The van der Waals surface area contributed by atoms with Gasteiger partial charge in [-0.3, -0.25) is 0 Å². The molecule has 0 saturated carbocycles. The fourth-order valence-electron chi connectivity index (χ4n) is 2.89. The molecule has 0 saturated heterocycles. The predicted octanol–water partition coefficient (Wildman–Crippen LogP) is 3.92. The fraction of sp³-hybridized carbons (Fsp3) is 0.381. The van der Waals surface area contributed by atoms with Gasteiger partial charge in [-0.2, -0.15) is 0 Å². The SMILES string of the molecule is CC[C@@](O)(CC(C)C)C(=O)OC(c1ccc(O)cc1)c1ccc(O)cc1. The molecule has 0 spiro atoms. The van der Waals surface area contributed by atoms with Crippen LogP contribution in [0.2, 0.25) is 0 Å². The number of hydrogen-bond acceptors (Lipinski definition) is 5. The van der Waals surface area contributed by atoms with Gasteiger partial charge in [0.1, 0.15) is 11.5 Å². The number of hydrogen-bond donors (Lipinski definition) is 3. The summed E-state index contributed by atoms with van der Waals surface area (Å²) in [6, 6.07) is 12.7. The molecule has 0 unspecified atom stereocenters. The number of carbonyl (C=O) groups is 1. The van der Waals surface area contributed by atoms with Crippen molar-refractivity contribution in [2.45, 2.75) is 45.3 Å². The van der Waals surface area contributed by atoms with Crippen molar-refractivity contribution in [3.05, 3.63) is 59.7 Å². The Morgan fingerprint density at radius 2 is 1.38 bits per heavy atom. The van der Waals surface area contributed by atoms with Crippen LogP contribution in [0.15, 0.2) is 48.5 Å². The summed E-state index contributed by atoms with van der Waals surface area (Å²) in [6.45, 7) is 5.62. The Balaban J connectivity index is 2.36. The molecule has 0 bridgehead atoms. The number of phenols is 2. The third-order valence-electron chi connectivity index (χ3n) is 4.33. The highest BCUT2D eigenvalue weighted by molar-refractivity contribution is 5.79. The number of carbonyl (C=O) groups excluding carboxylic acids is 1. The first-order valence-electron chi connectivity index (χ1n) is 8.76. The molecular weight excluding hydrogens is 332 g/mol. The van der Waals surface area contributed by atoms with Gasteiger partial charge in [-0.1, -0.05) is 45.0 Å². The van der Waals surface area contributed by atoms with Crippen molar-refractivity contribution in [2.75, 3.05) is 0 Å². The largest absolute Gasteiger partial charge is 0.508 e. The van der Waals surface area contributed by atoms with Crippen LogP contribution in [0.25, 0.3) is 0 Å². The van der Waals surface area contributed by atoms with E-state index in [0.717, 1.165) is 0 Å². The first-order chi connectivity index (χ1) is 12.2. The summed E-state index contributed by atoms with van der Waals surface area (Å²) in [5.41, 5.74) is -0.241. The summed E-state index contributed by atoms with van der Waals surface area (Å²) in [4.78, 5) is 12.8. The molecule has 3 N–H and O–H groups in total. The van der Waals surface area contributed by atoms with Crippen LogP contribution in [0, 0.1) is 5.92 Å². The Bertz CT molecular complexity index is 676. The van der Waals surface area contributed by atoms with Crippen LogP contribution >= 0.6 is 0 Å². The lowest BCUT2D eigenvalue weighted by atomic mass is 9.90. The molecule has 2 aromatic carbocycles. The van der Waals surface area contributed by atoms with Crippen LogP contribution in [-0.4, -0.2) is 26.9 Å². The van der Waals surface area contributed by atoms with Gasteiger partial charge in [-0.05, 0) is 54.2 Å². The molecule has 0 fully saturated rings. The van der Waals surface area contributed by atoms with Gasteiger partial charge in [0.25, 0.3) is 0 Å². The standard InChI is InChI=1S/C21H26O5/c1-4-21(25,13-14(2)3)20(24)26-19(15-5-9-17(22)10-6-15)16-7-11-18(23)12-8-16/h5-12,14,19,22-23,25H,4,13H2,1-3H3/t21-/m1/s1. The van der Waals surface area contributed by atoms with E-state index in [-0.39, 0.29) is 23.8 Å². The van der Waals surface area contributed by atoms with Crippen LogP contribution in [0.5, 0.6) is 11.5 Å². The number of phenolic OH excluding ortho intramolecular Hbond substituents is 2. The molecule has 2 aromatic rings. The van der Waals surface area contributed by atoms with E-state index in [2.05, 4.69) is 0 Å². The van der Waals surface area contributed by atoms with Crippen LogP contribution < -0.4 is 0 Å². The summed E-state index contributed by atoms with van der Waals surface area (Å²) in [7, 11) is 0. The van der Waals surface area contributed by atoms with E-state index in [4.69, 9.17) is 4.74 Å². The van der Waals surface area contributed by atoms with E-state index >= 15 is 0 Å². The molecule has 0 aliphatic rings. The lowest BCUT2D eigenvalue weighted by Gasteiger charge is -2.29. The molecule has 0 amide bonds. The van der Waals surface area contributed by atoms with Crippen molar-refractivity contribution < 1.29 is 24.9 Å². The molecule has 0 radical (unpaired) electrons. The fourth-order valence-corrected chi connectivity index (χ4v) is 2.89. The van der Waals surface area contributed by atoms with E-state index in [1.807, 2.05) is 13.8 Å². The highest BCUT2D eigenvalue weighted by Gasteiger charge is 2.38. The minimum Gasteiger partial charge on any atom is -0.508 e. The van der Waals surface area contributed by atoms with E-state index in [1.54, 1.807) is 31.2 Å². The van der Waals surface area contributed by atoms with Crippen molar-refractivity contribution in [2.24, 2.45) is 5.92 Å². The zero-order valence-corrected chi connectivity index (χ0v) is 15.3. The quantitative estimate of drug-likeness (QED) is 0.653. The van der Waals surface area contributed by atoms with Gasteiger partial charge in [0.2, 0.25) is 0 Å². The monoisotopic (exact) mass is 358 g/mol. The van der Waals surface area contributed by atoms with Crippen molar-refractivity contribution in [3.8, 4) is 11.5 Å². The minimum absolute atomic E-state index is 0.106. The maximum atomic E-state index is 12.8. The molecule has 0 aromatic heterocycles. The highest BCUT2D eigenvalue weighted by atomic mass is 16.6. The lowest BCUT2D eigenvalue weighted by molar-refractivity contribution is -0.172. The van der Waals surface area contributed by atoms with E-state index in [9.17, 15) is 20.1 Å². The minimum atomic E-state index is -1.56. The summed E-state index contributed by atoms with van der Waals surface area (Å²) in [6.07, 6.45) is -0.198. The van der Waals surface area contributed by atoms with Gasteiger partial charge in [-0.25, -0.2) is 4.79 Å². The zero-order valence-electron chi connectivity index (χ0n) is 15.3. The van der Waals surface area contributed by atoms with Crippen molar-refractivity contribution in [1.29, 1.82) is 0 Å². The average Bonchev–Trinajstić information content (AvgIpc) is 2.60. The molecule has 1 atom stereocenters. The predicted molar refractivity (Wildman–Crippen MR) is 98.8 cm³/mol. The second kappa shape index (κ2) is 8.23. The van der Waals surface area contributed by atoms with Crippen LogP contribution in [0.3, 0.4) is 0 Å². The van der Waals surface area contributed by atoms with Gasteiger partial charge in [0.15, 0.2) is 11.7 Å². The second-order valence-corrected chi connectivity index (χ2v) is 6.95. The maximum absolute atomic E-state index is 12.8. The summed E-state index contributed by atoms with van der Waals surface area (Å²) < 4.78 is 5.71. The van der Waals surface area contributed by atoms with Crippen molar-refractivity contribution >= 4 is 5.97 Å². The Kier molecular flexibility index (Phi) is 6.27. The van der Waals surface area contributed by atoms with Crippen LogP contribution in [0.4, 0.5) is 0 Å². The molecule has 2 rings (SSSR count). The molecule has 0 aliphatic carbocycles. The highest BCUT2D eigenvalue weighted by Crippen LogP contribution is 2.32.